The zero-order valence-electron chi connectivity index (χ0n) is 11.7. The van der Waals surface area contributed by atoms with Gasteiger partial charge in [-0.1, -0.05) is 19.1 Å². The summed E-state index contributed by atoms with van der Waals surface area (Å²) in [7, 11) is 0. The molecule has 2 heterocycles. The highest BCUT2D eigenvalue weighted by atomic mass is 16.3. The molecule has 104 valence electrons. The second-order valence-electron chi connectivity index (χ2n) is 4.88. The molecule has 5 nitrogen and oxygen atoms in total. The molecular formula is C15H18N4O. The SMILES string of the molecule is CCCn1cc(N[C@H](C)c2nc3ccccc3o2)cn1. The normalized spacial score (nSPS) is 12.7. The number of aryl methyl sites for hydroxylation is 1. The van der Waals surface area contributed by atoms with Gasteiger partial charge in [0.25, 0.3) is 0 Å². The lowest BCUT2D eigenvalue weighted by molar-refractivity contribution is 0.506. The minimum atomic E-state index is 0.00155. The van der Waals surface area contributed by atoms with Gasteiger partial charge < -0.3 is 9.73 Å². The number of aromatic nitrogens is 3. The monoisotopic (exact) mass is 270 g/mol. The number of nitrogens with one attached hydrogen (secondary N) is 1. The number of anilines is 1. The first-order valence-corrected chi connectivity index (χ1v) is 6.90. The number of oxazole rings is 1. The van der Waals surface area contributed by atoms with Crippen LogP contribution in [0.25, 0.3) is 11.1 Å². The van der Waals surface area contributed by atoms with Crippen LogP contribution in [0.15, 0.2) is 41.1 Å². The molecule has 0 unspecified atom stereocenters. The highest BCUT2D eigenvalue weighted by Gasteiger charge is 2.13. The Hall–Kier alpha value is -2.30. The van der Waals surface area contributed by atoms with Crippen molar-refractivity contribution in [1.82, 2.24) is 14.8 Å². The lowest BCUT2D eigenvalue weighted by atomic mass is 10.3. The van der Waals surface area contributed by atoms with Crippen LogP contribution in [-0.4, -0.2) is 14.8 Å². The second kappa shape index (κ2) is 5.36. The Balaban J connectivity index is 1.75. The largest absolute Gasteiger partial charge is 0.438 e. The van der Waals surface area contributed by atoms with E-state index in [0.29, 0.717) is 5.89 Å². The maximum Gasteiger partial charge on any atom is 0.217 e. The number of para-hydroxylation sites is 2. The first-order chi connectivity index (χ1) is 9.76. The predicted molar refractivity (Wildman–Crippen MR) is 78.6 cm³/mol. The van der Waals surface area contributed by atoms with Gasteiger partial charge in [-0.25, -0.2) is 4.98 Å². The third kappa shape index (κ3) is 2.52. The van der Waals surface area contributed by atoms with Gasteiger partial charge in [-0.15, -0.1) is 0 Å². The lowest BCUT2D eigenvalue weighted by Gasteiger charge is -2.08. The van der Waals surface area contributed by atoms with Gasteiger partial charge in [0.2, 0.25) is 5.89 Å². The van der Waals surface area contributed by atoms with Gasteiger partial charge in [-0.3, -0.25) is 4.68 Å². The number of nitrogens with zero attached hydrogens (tertiary/aromatic N) is 3. The number of hydrogen-bond donors (Lipinski definition) is 1. The molecule has 0 saturated heterocycles. The van der Waals surface area contributed by atoms with E-state index in [1.54, 1.807) is 0 Å². The summed E-state index contributed by atoms with van der Waals surface area (Å²) in [5, 5.41) is 7.66. The van der Waals surface area contributed by atoms with Gasteiger partial charge in [-0.05, 0) is 25.5 Å². The minimum absolute atomic E-state index is 0.00155. The van der Waals surface area contributed by atoms with Crippen LogP contribution >= 0.6 is 0 Å². The molecule has 20 heavy (non-hydrogen) atoms. The van der Waals surface area contributed by atoms with Gasteiger partial charge in [-0.2, -0.15) is 5.10 Å². The van der Waals surface area contributed by atoms with Crippen LogP contribution in [0, 0.1) is 0 Å². The van der Waals surface area contributed by atoms with E-state index < -0.39 is 0 Å². The summed E-state index contributed by atoms with van der Waals surface area (Å²) in [5.41, 5.74) is 2.68. The zero-order chi connectivity index (χ0) is 13.9. The Kier molecular flexibility index (Phi) is 3.41. The van der Waals surface area contributed by atoms with Crippen molar-refractivity contribution in [3.63, 3.8) is 0 Å². The number of rotatable bonds is 5. The molecule has 0 aliphatic rings. The van der Waals surface area contributed by atoms with E-state index in [2.05, 4.69) is 22.3 Å². The van der Waals surface area contributed by atoms with Crippen molar-refractivity contribution in [3.8, 4) is 0 Å². The van der Waals surface area contributed by atoms with Crippen molar-refractivity contribution in [1.29, 1.82) is 0 Å². The zero-order valence-corrected chi connectivity index (χ0v) is 11.7. The Morgan fingerprint density at radius 3 is 3.00 bits per heavy atom. The Morgan fingerprint density at radius 2 is 2.20 bits per heavy atom. The van der Waals surface area contributed by atoms with E-state index in [1.807, 2.05) is 48.3 Å². The minimum Gasteiger partial charge on any atom is -0.438 e. The molecule has 3 rings (SSSR count). The quantitative estimate of drug-likeness (QED) is 0.769. The summed E-state index contributed by atoms with van der Waals surface area (Å²) in [6.07, 6.45) is 4.90. The molecule has 0 aliphatic carbocycles. The molecule has 0 bridgehead atoms. The van der Waals surface area contributed by atoms with Gasteiger partial charge in [0.1, 0.15) is 11.6 Å². The van der Waals surface area contributed by atoms with E-state index >= 15 is 0 Å². The number of fused-ring (bicyclic) bond motifs is 1. The molecular weight excluding hydrogens is 252 g/mol. The Labute approximate surface area is 117 Å². The topological polar surface area (TPSA) is 55.9 Å². The Bertz CT molecular complexity index is 668. The number of benzene rings is 1. The highest BCUT2D eigenvalue weighted by molar-refractivity contribution is 5.72. The maximum atomic E-state index is 5.76. The molecule has 0 saturated carbocycles. The van der Waals surface area contributed by atoms with Crippen LogP contribution in [0.3, 0.4) is 0 Å². The average Bonchev–Trinajstić information content (AvgIpc) is 3.05. The van der Waals surface area contributed by atoms with E-state index in [1.165, 1.54) is 0 Å². The summed E-state index contributed by atoms with van der Waals surface area (Å²) < 4.78 is 7.69. The van der Waals surface area contributed by atoms with E-state index in [4.69, 9.17) is 4.42 Å². The first-order valence-electron chi connectivity index (χ1n) is 6.90. The fourth-order valence-electron chi connectivity index (χ4n) is 2.18. The summed E-state index contributed by atoms with van der Waals surface area (Å²) in [6, 6.07) is 7.79. The van der Waals surface area contributed by atoms with Crippen LogP contribution in [-0.2, 0) is 6.54 Å². The summed E-state index contributed by atoms with van der Waals surface area (Å²) in [5.74, 6) is 0.689. The fraction of sp³-hybridized carbons (Fsp3) is 0.333. The standard InChI is InChI=1S/C15H18N4O/c1-3-8-19-10-12(9-16-19)17-11(2)15-18-13-6-4-5-7-14(13)20-15/h4-7,9-11,17H,3,8H2,1-2H3/t11-/m1/s1. The molecule has 0 amide bonds. The molecule has 1 N–H and O–H groups in total. The van der Waals surface area contributed by atoms with Crippen molar-refractivity contribution in [2.75, 3.05) is 5.32 Å². The highest BCUT2D eigenvalue weighted by Crippen LogP contribution is 2.22. The molecule has 2 aromatic heterocycles. The van der Waals surface area contributed by atoms with Crippen LogP contribution in [0.2, 0.25) is 0 Å². The van der Waals surface area contributed by atoms with Crippen molar-refractivity contribution in [2.24, 2.45) is 0 Å². The molecule has 0 aliphatic heterocycles. The third-order valence-electron chi connectivity index (χ3n) is 3.15. The van der Waals surface area contributed by atoms with E-state index in [-0.39, 0.29) is 6.04 Å². The van der Waals surface area contributed by atoms with Gasteiger partial charge in [0, 0.05) is 12.7 Å². The average molecular weight is 270 g/mol. The van der Waals surface area contributed by atoms with Gasteiger partial charge >= 0.3 is 0 Å². The van der Waals surface area contributed by atoms with E-state index in [9.17, 15) is 0 Å². The second-order valence-corrected chi connectivity index (χ2v) is 4.88. The molecule has 1 aromatic carbocycles. The lowest BCUT2D eigenvalue weighted by Crippen LogP contribution is -2.06. The van der Waals surface area contributed by atoms with Gasteiger partial charge in [0.15, 0.2) is 5.58 Å². The summed E-state index contributed by atoms with van der Waals surface area (Å²) in [4.78, 5) is 4.50. The molecule has 5 heteroatoms. The number of hydrogen-bond acceptors (Lipinski definition) is 4. The van der Waals surface area contributed by atoms with Crippen molar-refractivity contribution in [3.05, 3.63) is 42.5 Å². The van der Waals surface area contributed by atoms with Crippen molar-refractivity contribution >= 4 is 16.8 Å². The maximum absolute atomic E-state index is 5.76. The molecule has 0 radical (unpaired) electrons. The predicted octanol–water partition coefficient (Wildman–Crippen LogP) is 3.61. The molecule has 1 atom stereocenters. The third-order valence-corrected chi connectivity index (χ3v) is 3.15. The van der Waals surface area contributed by atoms with Crippen LogP contribution in [0.4, 0.5) is 5.69 Å². The van der Waals surface area contributed by atoms with Crippen molar-refractivity contribution in [2.45, 2.75) is 32.9 Å². The smallest absolute Gasteiger partial charge is 0.217 e. The van der Waals surface area contributed by atoms with Crippen LogP contribution in [0.5, 0.6) is 0 Å². The first kappa shape index (κ1) is 12.7. The molecule has 0 fully saturated rings. The van der Waals surface area contributed by atoms with Crippen LogP contribution < -0.4 is 5.32 Å². The molecule has 3 aromatic rings. The van der Waals surface area contributed by atoms with Gasteiger partial charge in [0.05, 0.1) is 11.9 Å². The van der Waals surface area contributed by atoms with Crippen LogP contribution in [0.1, 0.15) is 32.2 Å². The fourth-order valence-corrected chi connectivity index (χ4v) is 2.18. The van der Waals surface area contributed by atoms with E-state index in [0.717, 1.165) is 29.8 Å². The summed E-state index contributed by atoms with van der Waals surface area (Å²) in [6.45, 7) is 5.09. The summed E-state index contributed by atoms with van der Waals surface area (Å²) >= 11 is 0. The van der Waals surface area contributed by atoms with Crippen molar-refractivity contribution < 1.29 is 4.42 Å². The Morgan fingerprint density at radius 1 is 1.35 bits per heavy atom. The molecule has 0 spiro atoms.